The Balaban J connectivity index is 2.00. The van der Waals surface area contributed by atoms with Crippen LogP contribution in [0.5, 0.6) is 5.75 Å². The fraction of sp³-hybridized carbons (Fsp3) is 0.222. The topological polar surface area (TPSA) is 77.2 Å². The number of aromatic nitrogens is 1. The number of nitrogens with one attached hydrogen (secondary N) is 1. The third-order valence-corrected chi connectivity index (χ3v) is 3.34. The molecule has 0 unspecified atom stereocenters. The highest BCUT2D eigenvalue weighted by atomic mass is 19.1. The van der Waals surface area contributed by atoms with E-state index in [1.807, 2.05) is 19.1 Å². The van der Waals surface area contributed by atoms with Crippen LogP contribution in [0.2, 0.25) is 0 Å². The van der Waals surface area contributed by atoms with Crippen LogP contribution in [-0.2, 0) is 6.54 Å². The van der Waals surface area contributed by atoms with Gasteiger partial charge < -0.3 is 15.8 Å². The number of pyridine rings is 1. The summed E-state index contributed by atoms with van der Waals surface area (Å²) in [4.78, 5) is 15.9. The summed E-state index contributed by atoms with van der Waals surface area (Å²) >= 11 is 0. The Morgan fingerprint density at radius 2 is 2.21 bits per heavy atom. The lowest BCUT2D eigenvalue weighted by molar-refractivity contribution is 0.0951. The molecule has 0 bridgehead atoms. The number of halogens is 1. The number of amides is 1. The van der Waals surface area contributed by atoms with E-state index in [-0.39, 0.29) is 23.7 Å². The molecule has 0 aliphatic heterocycles. The molecule has 0 aliphatic carbocycles. The lowest BCUT2D eigenvalue weighted by Gasteiger charge is -2.11. The van der Waals surface area contributed by atoms with E-state index in [1.54, 1.807) is 30.3 Å². The fourth-order valence-electron chi connectivity index (χ4n) is 2.09. The first-order chi connectivity index (χ1) is 11.6. The van der Waals surface area contributed by atoms with Gasteiger partial charge in [0.1, 0.15) is 5.82 Å². The second-order valence-corrected chi connectivity index (χ2v) is 5.05. The molecular weight excluding hydrogens is 309 g/mol. The molecule has 1 amide bonds. The smallest absolute Gasteiger partial charge is 0.255 e. The molecule has 0 atom stereocenters. The minimum absolute atomic E-state index is 0.0328. The zero-order valence-electron chi connectivity index (χ0n) is 13.5. The van der Waals surface area contributed by atoms with Crippen molar-refractivity contribution in [2.24, 2.45) is 0 Å². The van der Waals surface area contributed by atoms with Gasteiger partial charge >= 0.3 is 0 Å². The molecule has 126 valence electrons. The summed E-state index contributed by atoms with van der Waals surface area (Å²) < 4.78 is 19.8. The van der Waals surface area contributed by atoms with E-state index < -0.39 is 11.7 Å². The van der Waals surface area contributed by atoms with E-state index in [0.29, 0.717) is 18.6 Å². The predicted molar refractivity (Wildman–Crippen MR) is 91.1 cm³/mol. The average Bonchev–Trinajstić information content (AvgIpc) is 2.59. The lowest BCUT2D eigenvalue weighted by Crippen LogP contribution is -2.24. The molecule has 2 aromatic rings. The van der Waals surface area contributed by atoms with E-state index in [9.17, 15) is 9.18 Å². The van der Waals surface area contributed by atoms with Gasteiger partial charge in [0, 0.05) is 18.3 Å². The van der Waals surface area contributed by atoms with Crippen molar-refractivity contribution in [3.63, 3.8) is 0 Å². The molecule has 0 saturated heterocycles. The molecule has 0 spiro atoms. The minimum atomic E-state index is -0.475. The van der Waals surface area contributed by atoms with Gasteiger partial charge in [0.05, 0.1) is 12.2 Å². The van der Waals surface area contributed by atoms with Crippen molar-refractivity contribution in [1.82, 2.24) is 10.3 Å². The van der Waals surface area contributed by atoms with Gasteiger partial charge in [-0.25, -0.2) is 9.37 Å². The number of anilines is 1. The van der Waals surface area contributed by atoms with Crippen molar-refractivity contribution in [1.29, 1.82) is 0 Å². The number of nitrogens with zero attached hydrogens (tertiary/aromatic N) is 1. The second kappa shape index (κ2) is 8.67. The van der Waals surface area contributed by atoms with E-state index in [2.05, 4.69) is 10.3 Å². The summed E-state index contributed by atoms with van der Waals surface area (Å²) in [5, 5.41) is 2.63. The van der Waals surface area contributed by atoms with Gasteiger partial charge in [-0.15, -0.1) is 0 Å². The van der Waals surface area contributed by atoms with Gasteiger partial charge in [0.15, 0.2) is 11.6 Å². The molecule has 0 saturated carbocycles. The Morgan fingerprint density at radius 1 is 1.38 bits per heavy atom. The Kier molecular flexibility index (Phi) is 6.31. The summed E-state index contributed by atoms with van der Waals surface area (Å²) in [7, 11) is 0. The normalized spacial score (nSPS) is 10.8. The maximum Gasteiger partial charge on any atom is 0.255 e. The van der Waals surface area contributed by atoms with Crippen LogP contribution in [0.3, 0.4) is 0 Å². The third kappa shape index (κ3) is 4.55. The molecule has 24 heavy (non-hydrogen) atoms. The number of carbonyl (C=O) groups excluding carboxylic acids is 1. The quantitative estimate of drug-likeness (QED) is 0.604. The molecule has 3 N–H and O–H groups in total. The van der Waals surface area contributed by atoms with Crippen LogP contribution in [-0.4, -0.2) is 17.5 Å². The van der Waals surface area contributed by atoms with E-state index in [0.717, 1.165) is 0 Å². The highest BCUT2D eigenvalue weighted by molar-refractivity contribution is 5.98. The summed E-state index contributed by atoms with van der Waals surface area (Å²) in [6.07, 6.45) is 6.06. The molecule has 1 heterocycles. The zero-order valence-corrected chi connectivity index (χ0v) is 13.5. The number of nitrogens with two attached hydrogens (primary N) is 1. The molecule has 2 rings (SSSR count). The van der Waals surface area contributed by atoms with Gasteiger partial charge in [0.25, 0.3) is 5.91 Å². The maximum atomic E-state index is 14.4. The first-order valence-corrected chi connectivity index (χ1v) is 7.63. The van der Waals surface area contributed by atoms with Crippen molar-refractivity contribution in [2.45, 2.75) is 19.9 Å². The van der Waals surface area contributed by atoms with Crippen molar-refractivity contribution in [3.05, 3.63) is 65.6 Å². The van der Waals surface area contributed by atoms with Crippen molar-refractivity contribution < 1.29 is 13.9 Å². The van der Waals surface area contributed by atoms with Crippen molar-refractivity contribution in [2.75, 3.05) is 12.3 Å². The van der Waals surface area contributed by atoms with Crippen molar-refractivity contribution in [3.8, 4) is 5.75 Å². The van der Waals surface area contributed by atoms with Crippen LogP contribution in [0.1, 0.15) is 29.3 Å². The molecule has 5 nitrogen and oxygen atoms in total. The highest BCUT2D eigenvalue weighted by Gasteiger charge is 2.13. The van der Waals surface area contributed by atoms with E-state index in [4.69, 9.17) is 10.5 Å². The average molecular weight is 329 g/mol. The van der Waals surface area contributed by atoms with Crippen molar-refractivity contribution >= 4 is 11.7 Å². The number of ether oxygens (including phenoxy) is 1. The predicted octanol–water partition coefficient (Wildman–Crippen LogP) is 3.08. The molecular formula is C18H20FN3O2. The summed E-state index contributed by atoms with van der Waals surface area (Å²) in [6.45, 7) is 2.34. The Labute approximate surface area is 140 Å². The number of benzene rings is 1. The molecule has 1 aromatic heterocycles. The Bertz CT molecular complexity index is 732. The third-order valence-electron chi connectivity index (χ3n) is 3.34. The summed E-state index contributed by atoms with van der Waals surface area (Å²) in [5.41, 5.74) is 6.26. The summed E-state index contributed by atoms with van der Waals surface area (Å²) in [5.74, 6) is -0.569. The summed E-state index contributed by atoms with van der Waals surface area (Å²) in [6, 6.07) is 8.03. The largest absolute Gasteiger partial charge is 0.490 e. The maximum absolute atomic E-state index is 14.4. The van der Waals surface area contributed by atoms with Gasteiger partial charge in [-0.3, -0.25) is 4.79 Å². The first kappa shape index (κ1) is 17.5. The van der Waals surface area contributed by atoms with Crippen LogP contribution < -0.4 is 15.8 Å². The van der Waals surface area contributed by atoms with E-state index >= 15 is 0 Å². The van der Waals surface area contributed by atoms with Gasteiger partial charge in [0.2, 0.25) is 0 Å². The number of carbonyl (C=O) groups is 1. The number of rotatable bonds is 7. The number of nitrogen functional groups attached to an aromatic ring is 1. The van der Waals surface area contributed by atoms with E-state index in [1.165, 1.54) is 6.20 Å². The van der Waals surface area contributed by atoms with Crippen LogP contribution >= 0.6 is 0 Å². The standard InChI is InChI=1S/C18H20FN3O2/c1-2-3-4-11-24-15-9-5-7-13(16(15)19)12-22-18(23)14-8-6-10-21-17(14)20/h2-3,5-10H,4,11-12H2,1H3,(H2,20,21)(H,22,23). The van der Waals surface area contributed by atoms with Gasteiger partial charge in [-0.2, -0.15) is 0 Å². The first-order valence-electron chi connectivity index (χ1n) is 7.63. The SMILES string of the molecule is CC=CCCOc1cccc(CNC(=O)c2cccnc2N)c1F. The zero-order chi connectivity index (χ0) is 17.4. The minimum Gasteiger partial charge on any atom is -0.490 e. The highest BCUT2D eigenvalue weighted by Crippen LogP contribution is 2.21. The molecule has 0 aliphatic rings. The van der Waals surface area contributed by atoms with Crippen LogP contribution in [0.15, 0.2) is 48.7 Å². The van der Waals surface area contributed by atoms with Gasteiger partial charge in [-0.1, -0.05) is 24.3 Å². The van der Waals surface area contributed by atoms with Gasteiger partial charge in [-0.05, 0) is 31.5 Å². The molecule has 1 aromatic carbocycles. The second-order valence-electron chi connectivity index (χ2n) is 5.05. The number of hydrogen-bond donors (Lipinski definition) is 2. The number of hydrogen-bond acceptors (Lipinski definition) is 4. The molecule has 0 fully saturated rings. The molecule has 6 heteroatoms. The van der Waals surface area contributed by atoms with Crippen LogP contribution in [0.25, 0.3) is 0 Å². The number of allylic oxidation sites excluding steroid dienone is 1. The van der Waals surface area contributed by atoms with Crippen LogP contribution in [0, 0.1) is 5.82 Å². The van der Waals surface area contributed by atoms with Crippen LogP contribution in [0.4, 0.5) is 10.2 Å². The monoisotopic (exact) mass is 329 g/mol. The Morgan fingerprint density at radius 3 is 2.96 bits per heavy atom. The molecule has 0 radical (unpaired) electrons. The fourth-order valence-corrected chi connectivity index (χ4v) is 2.09. The Hall–Kier alpha value is -2.89. The lowest BCUT2D eigenvalue weighted by atomic mass is 10.2.